The summed E-state index contributed by atoms with van der Waals surface area (Å²) in [6.07, 6.45) is 4.03. The van der Waals surface area contributed by atoms with Crippen LogP contribution in [0.25, 0.3) is 0 Å². The van der Waals surface area contributed by atoms with E-state index in [9.17, 15) is 5.11 Å². The highest BCUT2D eigenvalue weighted by Crippen LogP contribution is 2.08. The molecule has 1 aromatic carbocycles. The molecule has 13 heavy (non-hydrogen) atoms. The number of hydrogen-bond donors (Lipinski definition) is 0. The van der Waals surface area contributed by atoms with E-state index < -0.39 is 0 Å². The van der Waals surface area contributed by atoms with E-state index in [1.165, 1.54) is 17.5 Å². The predicted octanol–water partition coefficient (Wildman–Crippen LogP) is 3.00. The molecule has 1 aromatic rings. The molecule has 0 aliphatic carbocycles. The lowest BCUT2D eigenvalue weighted by atomic mass is 10.1. The first-order chi connectivity index (χ1) is 6.36. The lowest BCUT2D eigenvalue weighted by Gasteiger charge is -2.01. The monoisotopic (exact) mass is 177 g/mol. The van der Waals surface area contributed by atoms with Crippen LogP contribution >= 0.6 is 0 Å². The van der Waals surface area contributed by atoms with Gasteiger partial charge < -0.3 is 0 Å². The van der Waals surface area contributed by atoms with E-state index in [1.54, 1.807) is 0 Å². The fourth-order valence-corrected chi connectivity index (χ4v) is 1.44. The fraction of sp³-hybridized carbons (Fsp3) is 0.500. The summed E-state index contributed by atoms with van der Waals surface area (Å²) >= 11 is 0. The zero-order chi connectivity index (χ0) is 9.52. The second kappa shape index (κ2) is 5.76. The van der Waals surface area contributed by atoms with Gasteiger partial charge in [0.05, 0.1) is 6.61 Å². The van der Waals surface area contributed by atoms with Crippen LogP contribution in [0.2, 0.25) is 0 Å². The van der Waals surface area contributed by atoms with Crippen molar-refractivity contribution in [3.05, 3.63) is 35.4 Å². The Bertz CT molecular complexity index is 225. The molecule has 0 aromatic heterocycles. The normalized spacial score (nSPS) is 10.3. The largest absolute Gasteiger partial charge is 0.237 e. The van der Waals surface area contributed by atoms with E-state index in [1.807, 2.05) is 0 Å². The SMILES string of the molecule is CCCc1ccc(CCC[O])cc1. The molecule has 0 fully saturated rings. The van der Waals surface area contributed by atoms with Crippen LogP contribution in [0.5, 0.6) is 0 Å². The van der Waals surface area contributed by atoms with Crippen LogP contribution in [0, 0.1) is 0 Å². The Hall–Kier alpha value is -0.820. The van der Waals surface area contributed by atoms with Crippen molar-refractivity contribution in [2.24, 2.45) is 0 Å². The smallest absolute Gasteiger partial charge is 0.0825 e. The van der Waals surface area contributed by atoms with Crippen molar-refractivity contribution in [1.29, 1.82) is 0 Å². The minimum atomic E-state index is 0.0384. The summed E-state index contributed by atoms with van der Waals surface area (Å²) in [4.78, 5) is 0. The van der Waals surface area contributed by atoms with Gasteiger partial charge in [-0.2, -0.15) is 0 Å². The molecule has 1 radical (unpaired) electrons. The molecule has 1 rings (SSSR count). The molecule has 0 amide bonds. The lowest BCUT2D eigenvalue weighted by Crippen LogP contribution is -1.89. The van der Waals surface area contributed by atoms with Crippen LogP contribution in [0.1, 0.15) is 30.9 Å². The van der Waals surface area contributed by atoms with Crippen LogP contribution in [0.4, 0.5) is 0 Å². The fourth-order valence-electron chi connectivity index (χ4n) is 1.44. The standard InChI is InChI=1S/C12H17O/c1-2-4-11-6-8-12(9-7-11)5-3-10-13/h6-9H,2-5,10H2,1H3. The molecular weight excluding hydrogens is 160 g/mol. The van der Waals surface area contributed by atoms with Gasteiger partial charge in [0, 0.05) is 0 Å². The zero-order valence-electron chi connectivity index (χ0n) is 8.25. The lowest BCUT2D eigenvalue weighted by molar-refractivity contribution is 0.189. The molecular formula is C12H17O. The molecule has 0 atom stereocenters. The van der Waals surface area contributed by atoms with E-state index in [0.29, 0.717) is 0 Å². The predicted molar refractivity (Wildman–Crippen MR) is 54.3 cm³/mol. The quantitative estimate of drug-likeness (QED) is 0.659. The van der Waals surface area contributed by atoms with Gasteiger partial charge in [0.15, 0.2) is 0 Å². The maximum Gasteiger partial charge on any atom is 0.0825 e. The number of hydrogen-bond acceptors (Lipinski definition) is 0. The van der Waals surface area contributed by atoms with E-state index in [4.69, 9.17) is 0 Å². The third-order valence-electron chi connectivity index (χ3n) is 2.17. The molecule has 0 aliphatic rings. The van der Waals surface area contributed by atoms with Crippen LogP contribution in [-0.2, 0) is 17.9 Å². The Morgan fingerprint density at radius 2 is 1.54 bits per heavy atom. The first-order valence-electron chi connectivity index (χ1n) is 5.02. The Balaban J connectivity index is 2.48. The summed E-state index contributed by atoms with van der Waals surface area (Å²) in [6, 6.07) is 8.62. The highest BCUT2D eigenvalue weighted by Gasteiger charge is 1.94. The zero-order valence-corrected chi connectivity index (χ0v) is 8.25. The second-order valence-corrected chi connectivity index (χ2v) is 3.37. The van der Waals surface area contributed by atoms with Gasteiger partial charge in [0.2, 0.25) is 0 Å². The average Bonchev–Trinajstić information content (AvgIpc) is 2.17. The number of aryl methyl sites for hydroxylation is 2. The third-order valence-corrected chi connectivity index (χ3v) is 2.17. The maximum absolute atomic E-state index is 10.3. The van der Waals surface area contributed by atoms with E-state index in [0.717, 1.165) is 19.3 Å². The molecule has 0 unspecified atom stereocenters. The third kappa shape index (κ3) is 3.60. The van der Waals surface area contributed by atoms with E-state index in [-0.39, 0.29) is 6.61 Å². The summed E-state index contributed by atoms with van der Waals surface area (Å²) in [5.74, 6) is 0. The molecule has 71 valence electrons. The summed E-state index contributed by atoms with van der Waals surface area (Å²) in [6.45, 7) is 2.22. The molecule has 0 saturated carbocycles. The molecule has 0 bridgehead atoms. The molecule has 0 spiro atoms. The van der Waals surface area contributed by atoms with Gasteiger partial charge in [-0.1, -0.05) is 37.6 Å². The minimum Gasteiger partial charge on any atom is -0.237 e. The van der Waals surface area contributed by atoms with Gasteiger partial charge in [-0.25, -0.2) is 5.11 Å². The molecule has 0 aliphatic heterocycles. The Morgan fingerprint density at radius 1 is 1.00 bits per heavy atom. The summed E-state index contributed by atoms with van der Waals surface area (Å²) < 4.78 is 0. The molecule has 1 heteroatoms. The van der Waals surface area contributed by atoms with Crippen LogP contribution in [-0.4, -0.2) is 6.61 Å². The van der Waals surface area contributed by atoms with Gasteiger partial charge in [-0.15, -0.1) is 0 Å². The van der Waals surface area contributed by atoms with Crippen LogP contribution in [0.3, 0.4) is 0 Å². The Labute approximate surface area is 80.4 Å². The van der Waals surface area contributed by atoms with Crippen molar-refractivity contribution in [3.63, 3.8) is 0 Å². The summed E-state index contributed by atoms with van der Waals surface area (Å²) in [7, 11) is 0. The highest BCUT2D eigenvalue weighted by molar-refractivity contribution is 5.22. The van der Waals surface area contributed by atoms with Crippen molar-refractivity contribution in [1.82, 2.24) is 0 Å². The topological polar surface area (TPSA) is 19.9 Å². The van der Waals surface area contributed by atoms with Gasteiger partial charge in [0.25, 0.3) is 0 Å². The van der Waals surface area contributed by atoms with Crippen molar-refractivity contribution >= 4 is 0 Å². The summed E-state index contributed by atoms with van der Waals surface area (Å²) in [5.41, 5.74) is 2.68. The van der Waals surface area contributed by atoms with Gasteiger partial charge in [0.1, 0.15) is 0 Å². The van der Waals surface area contributed by atoms with Crippen molar-refractivity contribution in [2.45, 2.75) is 32.6 Å². The maximum atomic E-state index is 10.3. The van der Waals surface area contributed by atoms with Crippen molar-refractivity contribution in [2.75, 3.05) is 6.61 Å². The van der Waals surface area contributed by atoms with Crippen LogP contribution in [0.15, 0.2) is 24.3 Å². The average molecular weight is 177 g/mol. The van der Waals surface area contributed by atoms with E-state index >= 15 is 0 Å². The van der Waals surface area contributed by atoms with Crippen molar-refractivity contribution in [3.8, 4) is 0 Å². The number of rotatable bonds is 5. The Morgan fingerprint density at radius 3 is 2.00 bits per heavy atom. The van der Waals surface area contributed by atoms with Crippen molar-refractivity contribution < 1.29 is 5.11 Å². The molecule has 0 saturated heterocycles. The number of benzene rings is 1. The molecule has 1 nitrogen and oxygen atoms in total. The van der Waals surface area contributed by atoms with Crippen LogP contribution < -0.4 is 0 Å². The van der Waals surface area contributed by atoms with Gasteiger partial charge in [-0.05, 0) is 30.4 Å². The molecule has 0 heterocycles. The Kier molecular flexibility index (Phi) is 4.55. The summed E-state index contributed by atoms with van der Waals surface area (Å²) in [5, 5.41) is 10.3. The van der Waals surface area contributed by atoms with Gasteiger partial charge >= 0.3 is 0 Å². The molecule has 0 N–H and O–H groups in total. The first-order valence-corrected chi connectivity index (χ1v) is 5.02. The highest BCUT2D eigenvalue weighted by atomic mass is 16.2. The van der Waals surface area contributed by atoms with E-state index in [2.05, 4.69) is 31.2 Å². The second-order valence-electron chi connectivity index (χ2n) is 3.37. The van der Waals surface area contributed by atoms with Gasteiger partial charge in [-0.3, -0.25) is 0 Å². The minimum absolute atomic E-state index is 0.0384. The first kappa shape index (κ1) is 10.3.